The first-order valence-electron chi connectivity index (χ1n) is 7.88. The van der Waals surface area contributed by atoms with Crippen LogP contribution in [0.25, 0.3) is 0 Å². The molecule has 114 valence electrons. The lowest BCUT2D eigenvalue weighted by Gasteiger charge is -2.37. The Labute approximate surface area is 134 Å². The first-order valence-corrected chi connectivity index (χ1v) is 8.76. The minimum Gasteiger partial charge on any atom is -0.368 e. The summed E-state index contributed by atoms with van der Waals surface area (Å²) in [5.74, 6) is 0.630. The van der Waals surface area contributed by atoms with Gasteiger partial charge in [0.05, 0.1) is 22.6 Å². The molecule has 0 bridgehead atoms. The van der Waals surface area contributed by atoms with Crippen LogP contribution in [-0.2, 0) is 0 Å². The Hall–Kier alpha value is -1.88. The van der Waals surface area contributed by atoms with E-state index in [0.717, 1.165) is 41.6 Å². The van der Waals surface area contributed by atoms with Crippen molar-refractivity contribution in [3.8, 4) is 0 Å². The van der Waals surface area contributed by atoms with Crippen molar-refractivity contribution >= 4 is 28.6 Å². The van der Waals surface area contributed by atoms with Crippen molar-refractivity contribution in [2.45, 2.75) is 25.7 Å². The number of thiazole rings is 1. The van der Waals surface area contributed by atoms with Gasteiger partial charge in [-0.3, -0.25) is 4.79 Å². The number of likely N-dealkylation sites (N-methyl/N-ethyl adjacent to an activating group) is 1. The molecule has 2 aromatic rings. The number of hydrogen-bond acceptors (Lipinski definition) is 4. The number of benzene rings is 1. The van der Waals surface area contributed by atoms with E-state index in [9.17, 15) is 4.79 Å². The summed E-state index contributed by atoms with van der Waals surface area (Å²) in [5.41, 5.74) is 5.01. The number of nitrogens with zero attached hydrogens (tertiary/aromatic N) is 3. The van der Waals surface area contributed by atoms with Crippen LogP contribution in [-0.4, -0.2) is 30.5 Å². The van der Waals surface area contributed by atoms with E-state index < -0.39 is 0 Å². The topological polar surface area (TPSA) is 36.4 Å². The summed E-state index contributed by atoms with van der Waals surface area (Å²) < 4.78 is 0. The second kappa shape index (κ2) is 5.39. The standard InChI is InChI=1S/C17H19N3OS/c1-2-19-9-10-20(14-6-4-3-5-13(14)19)17(21)16-15(12-7-8-12)18-11-22-16/h3-6,11-12H,2,7-10H2,1H3. The number of fused-ring (bicyclic) bond motifs is 1. The van der Waals surface area contributed by atoms with Crippen LogP contribution in [0.1, 0.15) is 41.0 Å². The third-order valence-corrected chi connectivity index (χ3v) is 5.32. The molecule has 1 aliphatic carbocycles. The molecule has 0 N–H and O–H groups in total. The fourth-order valence-electron chi connectivity index (χ4n) is 3.15. The maximum atomic E-state index is 13.0. The van der Waals surface area contributed by atoms with E-state index in [-0.39, 0.29) is 5.91 Å². The summed E-state index contributed by atoms with van der Waals surface area (Å²) in [6.07, 6.45) is 2.34. The predicted molar refractivity (Wildman–Crippen MR) is 90.1 cm³/mol. The molecule has 2 aliphatic rings. The van der Waals surface area contributed by atoms with Crippen molar-refractivity contribution in [2.24, 2.45) is 0 Å². The molecule has 1 aromatic carbocycles. The molecule has 0 atom stereocenters. The molecule has 4 rings (SSSR count). The van der Waals surface area contributed by atoms with Gasteiger partial charge in [0.25, 0.3) is 5.91 Å². The van der Waals surface area contributed by atoms with Gasteiger partial charge in [0, 0.05) is 25.6 Å². The molecule has 1 saturated carbocycles. The molecule has 0 saturated heterocycles. The molecule has 22 heavy (non-hydrogen) atoms. The quantitative estimate of drug-likeness (QED) is 0.870. The number of carbonyl (C=O) groups is 1. The highest BCUT2D eigenvalue weighted by atomic mass is 32.1. The Balaban J connectivity index is 1.70. The van der Waals surface area contributed by atoms with Crippen molar-refractivity contribution < 1.29 is 4.79 Å². The maximum absolute atomic E-state index is 13.0. The van der Waals surface area contributed by atoms with E-state index in [4.69, 9.17) is 0 Å². The SMILES string of the molecule is CCN1CCN(C(=O)c2scnc2C2CC2)c2ccccc21. The third kappa shape index (κ3) is 2.20. The van der Waals surface area contributed by atoms with Gasteiger partial charge in [-0.15, -0.1) is 11.3 Å². The number of hydrogen-bond donors (Lipinski definition) is 0. The number of para-hydroxylation sites is 2. The highest BCUT2D eigenvalue weighted by Gasteiger charge is 2.34. The molecule has 0 radical (unpaired) electrons. The number of aromatic nitrogens is 1. The summed E-state index contributed by atoms with van der Waals surface area (Å²) in [6, 6.07) is 8.20. The van der Waals surface area contributed by atoms with Gasteiger partial charge < -0.3 is 9.80 Å². The normalized spacial score (nSPS) is 17.5. The van der Waals surface area contributed by atoms with E-state index in [1.54, 1.807) is 0 Å². The van der Waals surface area contributed by atoms with Crippen molar-refractivity contribution in [2.75, 3.05) is 29.4 Å². The van der Waals surface area contributed by atoms with Crippen LogP contribution in [0.3, 0.4) is 0 Å². The highest BCUT2D eigenvalue weighted by molar-refractivity contribution is 7.12. The average Bonchev–Trinajstić information content (AvgIpc) is 3.30. The Morgan fingerprint density at radius 2 is 2.05 bits per heavy atom. The Bertz CT molecular complexity index is 707. The molecule has 1 aromatic heterocycles. The lowest BCUT2D eigenvalue weighted by Crippen LogP contribution is -2.44. The van der Waals surface area contributed by atoms with Gasteiger partial charge >= 0.3 is 0 Å². The van der Waals surface area contributed by atoms with Crippen LogP contribution >= 0.6 is 11.3 Å². The first-order chi connectivity index (χ1) is 10.8. The predicted octanol–water partition coefficient (Wildman–Crippen LogP) is 3.51. The Morgan fingerprint density at radius 1 is 1.27 bits per heavy atom. The number of rotatable bonds is 3. The Kier molecular flexibility index (Phi) is 3.37. The number of amides is 1. The largest absolute Gasteiger partial charge is 0.368 e. The third-order valence-electron chi connectivity index (χ3n) is 4.49. The average molecular weight is 313 g/mol. The van der Waals surface area contributed by atoms with Crippen LogP contribution in [0.4, 0.5) is 11.4 Å². The molecular weight excluding hydrogens is 294 g/mol. The van der Waals surface area contributed by atoms with Gasteiger partial charge in [-0.2, -0.15) is 0 Å². The van der Waals surface area contributed by atoms with E-state index in [1.165, 1.54) is 24.2 Å². The fraction of sp³-hybridized carbons (Fsp3) is 0.412. The molecule has 1 fully saturated rings. The van der Waals surface area contributed by atoms with E-state index >= 15 is 0 Å². The minimum absolute atomic E-state index is 0.118. The monoisotopic (exact) mass is 313 g/mol. The van der Waals surface area contributed by atoms with Crippen LogP contribution in [0, 0.1) is 0 Å². The zero-order valence-electron chi connectivity index (χ0n) is 12.7. The second-order valence-electron chi connectivity index (χ2n) is 5.87. The summed E-state index contributed by atoms with van der Waals surface area (Å²) >= 11 is 1.48. The van der Waals surface area contributed by atoms with Crippen molar-refractivity contribution in [3.63, 3.8) is 0 Å². The minimum atomic E-state index is 0.118. The molecule has 0 spiro atoms. The zero-order chi connectivity index (χ0) is 15.1. The molecule has 2 heterocycles. The second-order valence-corrected chi connectivity index (χ2v) is 6.72. The van der Waals surface area contributed by atoms with Crippen LogP contribution in [0.15, 0.2) is 29.8 Å². The fourth-order valence-corrected chi connectivity index (χ4v) is 3.97. The molecular formula is C17H19N3OS. The van der Waals surface area contributed by atoms with Gasteiger partial charge in [-0.25, -0.2) is 4.98 Å². The lowest BCUT2D eigenvalue weighted by molar-refractivity contribution is 0.0989. The van der Waals surface area contributed by atoms with Crippen molar-refractivity contribution in [1.82, 2.24) is 4.98 Å². The van der Waals surface area contributed by atoms with Crippen molar-refractivity contribution in [3.05, 3.63) is 40.3 Å². The molecule has 1 amide bonds. The van der Waals surface area contributed by atoms with Gasteiger partial charge in [0.2, 0.25) is 0 Å². The Morgan fingerprint density at radius 3 is 2.77 bits per heavy atom. The summed E-state index contributed by atoms with van der Waals surface area (Å²) in [7, 11) is 0. The van der Waals surface area contributed by atoms with Crippen molar-refractivity contribution in [1.29, 1.82) is 0 Å². The number of anilines is 2. The molecule has 0 unspecified atom stereocenters. The highest BCUT2D eigenvalue weighted by Crippen LogP contribution is 2.43. The van der Waals surface area contributed by atoms with Gasteiger partial charge in [0.15, 0.2) is 0 Å². The van der Waals surface area contributed by atoms with Crippen LogP contribution < -0.4 is 9.80 Å². The van der Waals surface area contributed by atoms with Gasteiger partial charge in [0.1, 0.15) is 4.88 Å². The van der Waals surface area contributed by atoms with E-state index in [0.29, 0.717) is 5.92 Å². The maximum Gasteiger partial charge on any atom is 0.270 e. The molecule has 1 aliphatic heterocycles. The van der Waals surface area contributed by atoms with E-state index in [1.807, 2.05) is 28.6 Å². The zero-order valence-corrected chi connectivity index (χ0v) is 13.5. The van der Waals surface area contributed by atoms with Crippen LogP contribution in [0.5, 0.6) is 0 Å². The van der Waals surface area contributed by atoms with E-state index in [2.05, 4.69) is 22.9 Å². The summed E-state index contributed by atoms with van der Waals surface area (Å²) in [6.45, 7) is 4.75. The number of carbonyl (C=O) groups excluding carboxylic acids is 1. The van der Waals surface area contributed by atoms with Crippen LogP contribution in [0.2, 0.25) is 0 Å². The molecule has 5 heteroatoms. The van der Waals surface area contributed by atoms with Gasteiger partial charge in [-0.1, -0.05) is 12.1 Å². The molecule has 4 nitrogen and oxygen atoms in total. The lowest BCUT2D eigenvalue weighted by atomic mass is 10.1. The smallest absolute Gasteiger partial charge is 0.270 e. The first kappa shape index (κ1) is 13.8. The summed E-state index contributed by atoms with van der Waals surface area (Å²) in [5, 5.41) is 0. The summed E-state index contributed by atoms with van der Waals surface area (Å²) in [4.78, 5) is 22.6. The van der Waals surface area contributed by atoms with Gasteiger partial charge in [-0.05, 0) is 31.9 Å².